The first-order valence-corrected chi connectivity index (χ1v) is 35.3. The second kappa shape index (κ2) is 54.2. The van der Waals surface area contributed by atoms with Gasteiger partial charge in [0.05, 0.1) is 32.0 Å². The summed E-state index contributed by atoms with van der Waals surface area (Å²) in [5.41, 5.74) is 0. The lowest BCUT2D eigenvalue weighted by Crippen LogP contribution is -2.65. The van der Waals surface area contributed by atoms with Crippen LogP contribution in [0.5, 0.6) is 0 Å². The molecule has 2 aliphatic heterocycles. The molecule has 0 aromatic heterocycles. The SMILES string of the molecule is CCCCCCCCCCCCCCCCCCCCCCCCCCCCCCCCCC(O)C(COC1OC(CO)C(OC2OC(CO)C(O)C(O)C2O)C(O)C1O)NC(=O)CCCCCCCCCCCCCCCCCCC. The molecular formula is C68H133NO13. The van der Waals surface area contributed by atoms with Crippen molar-refractivity contribution in [3.8, 4) is 0 Å². The molecule has 14 heteroatoms. The highest BCUT2D eigenvalue weighted by Gasteiger charge is 2.51. The van der Waals surface area contributed by atoms with Gasteiger partial charge in [0, 0.05) is 6.42 Å². The highest BCUT2D eigenvalue weighted by molar-refractivity contribution is 5.76. The molecule has 0 radical (unpaired) electrons. The maximum Gasteiger partial charge on any atom is 0.220 e. The quantitative estimate of drug-likeness (QED) is 0.0259. The number of hydrogen-bond acceptors (Lipinski definition) is 13. The Morgan fingerprint density at radius 2 is 0.695 bits per heavy atom. The summed E-state index contributed by atoms with van der Waals surface area (Å²) in [5.74, 6) is -0.198. The van der Waals surface area contributed by atoms with Gasteiger partial charge < -0.3 is 65.1 Å². The lowest BCUT2D eigenvalue weighted by atomic mass is 9.97. The summed E-state index contributed by atoms with van der Waals surface area (Å²) in [6.07, 6.45) is 47.0. The number of ether oxygens (including phenoxy) is 4. The van der Waals surface area contributed by atoms with Crippen molar-refractivity contribution in [2.45, 2.75) is 408 Å². The summed E-state index contributed by atoms with van der Waals surface area (Å²) in [5, 5.41) is 87.5. The van der Waals surface area contributed by atoms with Crippen LogP contribution in [0.25, 0.3) is 0 Å². The summed E-state index contributed by atoms with van der Waals surface area (Å²) >= 11 is 0. The minimum atomic E-state index is -1.78. The molecule has 2 saturated heterocycles. The average molecular weight is 1170 g/mol. The number of rotatable bonds is 59. The van der Waals surface area contributed by atoms with E-state index in [4.69, 9.17) is 18.9 Å². The van der Waals surface area contributed by atoms with E-state index in [1.54, 1.807) is 0 Å². The van der Waals surface area contributed by atoms with E-state index in [2.05, 4.69) is 19.2 Å². The molecule has 2 rings (SSSR count). The average Bonchev–Trinajstić information content (AvgIpc) is 3.67. The molecule has 0 aliphatic carbocycles. The molecule has 2 aliphatic rings. The molecule has 1 amide bonds. The van der Waals surface area contributed by atoms with Crippen molar-refractivity contribution in [2.24, 2.45) is 0 Å². The first-order valence-electron chi connectivity index (χ1n) is 35.3. The Bertz CT molecular complexity index is 1380. The van der Waals surface area contributed by atoms with Gasteiger partial charge in [-0.05, 0) is 12.8 Å². The maximum atomic E-state index is 13.3. The zero-order valence-corrected chi connectivity index (χ0v) is 53.0. The molecule has 0 saturated carbocycles. The van der Waals surface area contributed by atoms with Gasteiger partial charge in [0.25, 0.3) is 0 Å². The topological polar surface area (TPSA) is 228 Å². The summed E-state index contributed by atoms with van der Waals surface area (Å²) in [6.45, 7) is 2.92. The van der Waals surface area contributed by atoms with Gasteiger partial charge >= 0.3 is 0 Å². The third kappa shape index (κ3) is 38.3. The van der Waals surface area contributed by atoms with E-state index in [1.807, 2.05) is 0 Å². The van der Waals surface area contributed by atoms with Gasteiger partial charge in [0.1, 0.15) is 48.8 Å². The molecule has 9 N–H and O–H groups in total. The lowest BCUT2D eigenvalue weighted by molar-refractivity contribution is -0.359. The highest BCUT2D eigenvalue weighted by Crippen LogP contribution is 2.30. The Morgan fingerprint density at radius 3 is 1.04 bits per heavy atom. The van der Waals surface area contributed by atoms with Gasteiger partial charge in [0.2, 0.25) is 5.91 Å². The largest absolute Gasteiger partial charge is 0.394 e. The van der Waals surface area contributed by atoms with Gasteiger partial charge in [-0.15, -0.1) is 0 Å². The Labute approximate surface area is 502 Å². The van der Waals surface area contributed by atoms with Crippen LogP contribution >= 0.6 is 0 Å². The predicted molar refractivity (Wildman–Crippen MR) is 332 cm³/mol. The number of unbranched alkanes of at least 4 members (excludes halogenated alkanes) is 46. The van der Waals surface area contributed by atoms with E-state index < -0.39 is 86.8 Å². The standard InChI is InChI=1S/C68H133NO13/c1-3-5-7-9-11-13-15-17-19-21-22-23-24-25-26-27-28-29-30-31-32-33-34-36-37-39-41-43-45-47-49-51-57(72)56(69-60(73)52-50-48-46-44-42-40-38-35-20-18-16-14-12-10-8-6-4-2)55-79-67-65(78)63(76)66(59(54-71)81-67)82-68-64(77)62(75)61(74)58(53-70)80-68/h56-59,61-68,70-72,74-78H,3-55H2,1-2H3,(H,69,73). The Balaban J connectivity index is 1.63. The number of carbonyl (C=O) groups is 1. The van der Waals surface area contributed by atoms with E-state index in [1.165, 1.54) is 257 Å². The molecule has 82 heavy (non-hydrogen) atoms. The van der Waals surface area contributed by atoms with Crippen LogP contribution in [0.3, 0.4) is 0 Å². The summed E-state index contributed by atoms with van der Waals surface area (Å²) < 4.78 is 22.9. The van der Waals surface area contributed by atoms with Gasteiger partial charge in [-0.1, -0.05) is 316 Å². The van der Waals surface area contributed by atoms with Crippen molar-refractivity contribution in [1.82, 2.24) is 5.32 Å². The highest BCUT2D eigenvalue weighted by atomic mass is 16.7. The zero-order chi connectivity index (χ0) is 59.5. The molecule has 0 aromatic carbocycles. The van der Waals surface area contributed by atoms with Gasteiger partial charge in [-0.3, -0.25) is 4.79 Å². The van der Waals surface area contributed by atoms with Crippen molar-refractivity contribution < 1.29 is 64.6 Å². The third-order valence-electron chi connectivity index (χ3n) is 17.8. The number of aliphatic hydroxyl groups is 8. The van der Waals surface area contributed by atoms with Crippen molar-refractivity contribution in [3.05, 3.63) is 0 Å². The second-order valence-electron chi connectivity index (χ2n) is 25.4. The molecule has 0 aromatic rings. The fourth-order valence-corrected chi connectivity index (χ4v) is 12.2. The molecular weight excluding hydrogens is 1040 g/mol. The molecule has 488 valence electrons. The van der Waals surface area contributed by atoms with Crippen LogP contribution in [-0.4, -0.2) is 140 Å². The Morgan fingerprint density at radius 1 is 0.390 bits per heavy atom. The van der Waals surface area contributed by atoms with E-state index in [0.717, 1.165) is 51.4 Å². The van der Waals surface area contributed by atoms with Crippen molar-refractivity contribution >= 4 is 5.91 Å². The van der Waals surface area contributed by atoms with Gasteiger partial charge in [-0.25, -0.2) is 0 Å². The number of aliphatic hydroxyl groups excluding tert-OH is 8. The second-order valence-corrected chi connectivity index (χ2v) is 25.4. The third-order valence-corrected chi connectivity index (χ3v) is 17.8. The van der Waals surface area contributed by atoms with Crippen molar-refractivity contribution in [2.75, 3.05) is 19.8 Å². The molecule has 2 fully saturated rings. The van der Waals surface area contributed by atoms with E-state index in [9.17, 15) is 45.6 Å². The molecule has 0 spiro atoms. The first-order chi connectivity index (χ1) is 40.1. The fraction of sp³-hybridized carbons (Fsp3) is 0.985. The van der Waals surface area contributed by atoms with Crippen molar-refractivity contribution in [1.29, 1.82) is 0 Å². The number of amides is 1. The molecule has 12 atom stereocenters. The minimum absolute atomic E-state index is 0.198. The molecule has 2 heterocycles. The van der Waals surface area contributed by atoms with E-state index in [0.29, 0.717) is 12.8 Å². The summed E-state index contributed by atoms with van der Waals surface area (Å²) in [4.78, 5) is 13.3. The van der Waals surface area contributed by atoms with Crippen LogP contribution < -0.4 is 5.32 Å². The monoisotopic (exact) mass is 1170 g/mol. The Kier molecular flexibility index (Phi) is 50.9. The smallest absolute Gasteiger partial charge is 0.220 e. The van der Waals surface area contributed by atoms with Crippen LogP contribution in [0.4, 0.5) is 0 Å². The van der Waals surface area contributed by atoms with Crippen LogP contribution in [-0.2, 0) is 23.7 Å². The predicted octanol–water partition coefficient (Wildman–Crippen LogP) is 14.0. The summed E-state index contributed by atoms with van der Waals surface area (Å²) in [7, 11) is 0. The molecule has 0 bridgehead atoms. The van der Waals surface area contributed by atoms with Gasteiger partial charge in [0.15, 0.2) is 12.6 Å². The van der Waals surface area contributed by atoms with Gasteiger partial charge in [-0.2, -0.15) is 0 Å². The van der Waals surface area contributed by atoms with Crippen LogP contribution in [0.15, 0.2) is 0 Å². The normalized spacial score (nSPS) is 23.8. The first kappa shape index (κ1) is 77.1. The van der Waals surface area contributed by atoms with Crippen LogP contribution in [0.2, 0.25) is 0 Å². The van der Waals surface area contributed by atoms with E-state index in [-0.39, 0.29) is 12.5 Å². The zero-order valence-electron chi connectivity index (χ0n) is 53.0. The fourth-order valence-electron chi connectivity index (χ4n) is 12.2. The number of hydrogen-bond donors (Lipinski definition) is 9. The maximum absolute atomic E-state index is 13.3. The van der Waals surface area contributed by atoms with Crippen LogP contribution in [0, 0.1) is 0 Å². The molecule has 12 unspecified atom stereocenters. The minimum Gasteiger partial charge on any atom is -0.394 e. The number of carbonyl (C=O) groups excluding carboxylic acids is 1. The van der Waals surface area contributed by atoms with Crippen LogP contribution in [0.1, 0.15) is 335 Å². The lowest BCUT2D eigenvalue weighted by Gasteiger charge is -2.46. The Hall–Kier alpha value is -1.01. The summed E-state index contributed by atoms with van der Waals surface area (Å²) in [6, 6.07) is -0.824. The van der Waals surface area contributed by atoms with Crippen molar-refractivity contribution in [3.63, 3.8) is 0 Å². The number of nitrogens with one attached hydrogen (secondary N) is 1. The van der Waals surface area contributed by atoms with E-state index >= 15 is 0 Å². The molecule has 14 nitrogen and oxygen atoms in total.